The lowest BCUT2D eigenvalue weighted by Crippen LogP contribution is -2.53. The third-order valence-corrected chi connectivity index (χ3v) is 3.99. The van der Waals surface area contributed by atoms with Crippen LogP contribution in [0.5, 0.6) is 0 Å². The predicted octanol–water partition coefficient (Wildman–Crippen LogP) is 1.91. The van der Waals surface area contributed by atoms with Crippen LogP contribution in [0.25, 0.3) is 0 Å². The third kappa shape index (κ3) is 5.49. The van der Waals surface area contributed by atoms with E-state index in [1.807, 2.05) is 13.8 Å². The molecule has 0 spiro atoms. The number of carbonyl (C=O) groups is 2. The lowest BCUT2D eigenvalue weighted by Gasteiger charge is -2.25. The maximum absolute atomic E-state index is 12.3. The van der Waals surface area contributed by atoms with E-state index in [1.54, 1.807) is 0 Å². The van der Waals surface area contributed by atoms with Gasteiger partial charge in [-0.05, 0) is 18.8 Å². The minimum atomic E-state index is -0.638. The Morgan fingerprint density at radius 1 is 1.21 bits per heavy atom. The summed E-state index contributed by atoms with van der Waals surface area (Å²) in [6.07, 6.45) is 7.74. The van der Waals surface area contributed by atoms with Crippen LogP contribution < -0.4 is 16.4 Å². The summed E-state index contributed by atoms with van der Waals surface area (Å²) in [5, 5.41) is 5.63. The fourth-order valence-corrected chi connectivity index (χ4v) is 2.57. The van der Waals surface area contributed by atoms with Gasteiger partial charge < -0.3 is 16.4 Å². The molecule has 0 aromatic carbocycles. The smallest absolute Gasteiger partial charge is 0.312 e. The molecule has 0 aromatic heterocycles. The van der Waals surface area contributed by atoms with Gasteiger partial charge in [-0.2, -0.15) is 0 Å². The largest absolute Gasteiger partial charge is 0.352 e. The van der Waals surface area contributed by atoms with Crippen molar-refractivity contribution in [2.24, 2.45) is 11.7 Å². The molecule has 3 amide bonds. The number of nitrogens with one attached hydrogen (secondary N) is 2. The van der Waals surface area contributed by atoms with Gasteiger partial charge in [-0.3, -0.25) is 4.79 Å². The monoisotopic (exact) mass is 269 g/mol. The second-order valence-electron chi connectivity index (χ2n) is 5.57. The molecule has 0 bridgehead atoms. The highest BCUT2D eigenvalue weighted by molar-refractivity contribution is 5.86. The molecule has 19 heavy (non-hydrogen) atoms. The first-order chi connectivity index (χ1) is 9.04. The molecule has 2 atom stereocenters. The van der Waals surface area contributed by atoms with Gasteiger partial charge in [0.25, 0.3) is 0 Å². The number of carbonyl (C=O) groups excluding carboxylic acids is 2. The summed E-state index contributed by atoms with van der Waals surface area (Å²) in [6.45, 7) is 3.95. The van der Waals surface area contributed by atoms with Crippen LogP contribution in [0, 0.1) is 5.92 Å². The van der Waals surface area contributed by atoms with Crippen molar-refractivity contribution in [2.45, 2.75) is 70.9 Å². The maximum Gasteiger partial charge on any atom is 0.312 e. The zero-order valence-corrected chi connectivity index (χ0v) is 12.1. The number of nitrogens with two attached hydrogens (primary N) is 1. The van der Waals surface area contributed by atoms with E-state index in [4.69, 9.17) is 5.73 Å². The van der Waals surface area contributed by atoms with Crippen molar-refractivity contribution in [2.75, 3.05) is 0 Å². The van der Waals surface area contributed by atoms with E-state index >= 15 is 0 Å². The van der Waals surface area contributed by atoms with Crippen LogP contribution in [0.3, 0.4) is 0 Å². The summed E-state index contributed by atoms with van der Waals surface area (Å²) >= 11 is 0. The first-order valence-electron chi connectivity index (χ1n) is 7.41. The van der Waals surface area contributed by atoms with E-state index in [9.17, 15) is 9.59 Å². The van der Waals surface area contributed by atoms with E-state index in [0.29, 0.717) is 0 Å². The van der Waals surface area contributed by atoms with E-state index in [-0.39, 0.29) is 17.9 Å². The molecular formula is C14H27N3O2. The van der Waals surface area contributed by atoms with Crippen molar-refractivity contribution < 1.29 is 9.59 Å². The molecule has 1 aliphatic rings. The fraction of sp³-hybridized carbons (Fsp3) is 0.857. The Morgan fingerprint density at radius 2 is 1.79 bits per heavy atom. The molecule has 4 N–H and O–H groups in total. The van der Waals surface area contributed by atoms with Crippen LogP contribution in [0.4, 0.5) is 4.79 Å². The number of amides is 3. The topological polar surface area (TPSA) is 84.2 Å². The van der Waals surface area contributed by atoms with E-state index in [0.717, 1.165) is 19.3 Å². The highest BCUT2D eigenvalue weighted by Gasteiger charge is 2.27. The molecule has 0 radical (unpaired) electrons. The predicted molar refractivity (Wildman–Crippen MR) is 75.6 cm³/mol. The quantitative estimate of drug-likeness (QED) is 0.666. The zero-order valence-electron chi connectivity index (χ0n) is 12.1. The summed E-state index contributed by atoms with van der Waals surface area (Å²) in [5.41, 5.74) is 5.15. The average Bonchev–Trinajstić information content (AvgIpc) is 2.63. The Balaban J connectivity index is 2.56. The normalized spacial score (nSPS) is 20.1. The summed E-state index contributed by atoms with van der Waals surface area (Å²) in [5.74, 6) is -0.0154. The molecule has 1 rings (SSSR count). The van der Waals surface area contributed by atoms with Gasteiger partial charge >= 0.3 is 6.03 Å². The second-order valence-corrected chi connectivity index (χ2v) is 5.57. The van der Waals surface area contributed by atoms with Crippen LogP contribution >= 0.6 is 0 Å². The highest BCUT2D eigenvalue weighted by Crippen LogP contribution is 2.18. The van der Waals surface area contributed by atoms with Gasteiger partial charge in [0.2, 0.25) is 5.91 Å². The van der Waals surface area contributed by atoms with Gasteiger partial charge in [-0.25, -0.2) is 4.79 Å². The molecule has 0 aliphatic heterocycles. The maximum atomic E-state index is 12.3. The number of rotatable bonds is 5. The van der Waals surface area contributed by atoms with E-state index < -0.39 is 12.1 Å². The summed E-state index contributed by atoms with van der Waals surface area (Å²) in [6, 6.07) is -0.914. The Kier molecular flexibility index (Phi) is 6.67. The minimum absolute atomic E-state index is 0.0817. The Bertz CT molecular complexity index is 299. The van der Waals surface area contributed by atoms with Crippen LogP contribution in [-0.4, -0.2) is 24.0 Å². The second kappa shape index (κ2) is 8.02. The molecule has 0 unspecified atom stereocenters. The third-order valence-electron chi connectivity index (χ3n) is 3.99. The first-order valence-corrected chi connectivity index (χ1v) is 7.41. The van der Waals surface area contributed by atoms with Crippen molar-refractivity contribution in [3.05, 3.63) is 0 Å². The molecule has 110 valence electrons. The van der Waals surface area contributed by atoms with Crippen molar-refractivity contribution >= 4 is 11.9 Å². The minimum Gasteiger partial charge on any atom is -0.352 e. The molecular weight excluding hydrogens is 242 g/mol. The Labute approximate surface area is 115 Å². The first kappa shape index (κ1) is 15.8. The Morgan fingerprint density at radius 3 is 2.26 bits per heavy atom. The number of primary amides is 1. The van der Waals surface area contributed by atoms with Gasteiger partial charge in [-0.1, -0.05) is 46.0 Å². The zero-order chi connectivity index (χ0) is 14.3. The SMILES string of the molecule is CC[C@@H](C)[C@H](NC(N)=O)C(=O)NC1CCCCCC1. The van der Waals surface area contributed by atoms with Crippen molar-refractivity contribution in [3.63, 3.8) is 0 Å². The fourth-order valence-electron chi connectivity index (χ4n) is 2.57. The van der Waals surface area contributed by atoms with Crippen LogP contribution in [0.2, 0.25) is 0 Å². The molecule has 0 heterocycles. The van der Waals surface area contributed by atoms with Crippen LogP contribution in [0.15, 0.2) is 0 Å². The van der Waals surface area contributed by atoms with Gasteiger partial charge in [0.1, 0.15) is 6.04 Å². The van der Waals surface area contributed by atoms with E-state index in [1.165, 1.54) is 25.7 Å². The highest BCUT2D eigenvalue weighted by atomic mass is 16.2. The van der Waals surface area contributed by atoms with Crippen molar-refractivity contribution in [1.29, 1.82) is 0 Å². The van der Waals surface area contributed by atoms with Crippen LogP contribution in [-0.2, 0) is 4.79 Å². The van der Waals surface area contributed by atoms with Gasteiger partial charge in [0, 0.05) is 6.04 Å². The summed E-state index contributed by atoms with van der Waals surface area (Å²) in [7, 11) is 0. The van der Waals surface area contributed by atoms with Crippen molar-refractivity contribution in [3.8, 4) is 0 Å². The average molecular weight is 269 g/mol. The van der Waals surface area contributed by atoms with Gasteiger partial charge in [-0.15, -0.1) is 0 Å². The molecule has 1 fully saturated rings. The number of hydrogen-bond acceptors (Lipinski definition) is 2. The lowest BCUT2D eigenvalue weighted by molar-refractivity contribution is -0.124. The van der Waals surface area contributed by atoms with Crippen LogP contribution in [0.1, 0.15) is 58.8 Å². The molecule has 5 heteroatoms. The van der Waals surface area contributed by atoms with Gasteiger partial charge in [0.05, 0.1) is 0 Å². The number of urea groups is 1. The molecule has 0 saturated heterocycles. The number of hydrogen-bond donors (Lipinski definition) is 3. The lowest BCUT2D eigenvalue weighted by atomic mass is 9.97. The van der Waals surface area contributed by atoms with E-state index in [2.05, 4.69) is 10.6 Å². The summed E-state index contributed by atoms with van der Waals surface area (Å²) < 4.78 is 0. The molecule has 1 saturated carbocycles. The molecule has 1 aliphatic carbocycles. The standard InChI is InChI=1S/C14H27N3O2/c1-3-10(2)12(17-14(15)19)13(18)16-11-8-6-4-5-7-9-11/h10-12H,3-9H2,1-2H3,(H,16,18)(H3,15,17,19)/t10-,12+/m1/s1. The summed E-state index contributed by atoms with van der Waals surface area (Å²) in [4.78, 5) is 23.3. The van der Waals surface area contributed by atoms with Gasteiger partial charge in [0.15, 0.2) is 0 Å². The van der Waals surface area contributed by atoms with Crippen molar-refractivity contribution in [1.82, 2.24) is 10.6 Å². The Hall–Kier alpha value is -1.26. The molecule has 5 nitrogen and oxygen atoms in total. The molecule has 0 aromatic rings.